The van der Waals surface area contributed by atoms with Gasteiger partial charge in [0, 0.05) is 41.6 Å². The molecule has 2 aliphatic rings. The van der Waals surface area contributed by atoms with Crippen molar-refractivity contribution < 1.29 is 4.79 Å². The van der Waals surface area contributed by atoms with E-state index in [0.717, 1.165) is 106 Å². The van der Waals surface area contributed by atoms with Crippen LogP contribution in [0.4, 0.5) is 0 Å². The molecule has 9 nitrogen and oxygen atoms in total. The molecular formula is C33H60N8O. The van der Waals surface area contributed by atoms with Crippen LogP contribution in [0.1, 0.15) is 134 Å². The summed E-state index contributed by atoms with van der Waals surface area (Å²) in [4.78, 5) is 21.1. The molecule has 8 N–H and O–H groups in total. The van der Waals surface area contributed by atoms with Gasteiger partial charge < -0.3 is 27.8 Å². The van der Waals surface area contributed by atoms with E-state index in [1.165, 1.54) is 12.8 Å². The normalized spacial score (nSPS) is 26.6. The van der Waals surface area contributed by atoms with E-state index in [-0.39, 0.29) is 23.4 Å². The maximum atomic E-state index is 14.3. The molecule has 3 unspecified atom stereocenters. The smallest absolute Gasteiger partial charge is 0.228 e. The first-order valence-electron chi connectivity index (χ1n) is 16.6. The van der Waals surface area contributed by atoms with Gasteiger partial charge in [-0.05, 0) is 104 Å². The number of piperidine rings is 1. The van der Waals surface area contributed by atoms with Crippen LogP contribution in [0.15, 0.2) is 12.3 Å². The molecule has 238 valence electrons. The molecule has 1 saturated heterocycles. The topological polar surface area (TPSA) is 155 Å². The van der Waals surface area contributed by atoms with Gasteiger partial charge in [0.15, 0.2) is 5.65 Å². The second-order valence-corrected chi connectivity index (χ2v) is 13.5. The van der Waals surface area contributed by atoms with Crippen LogP contribution in [0.25, 0.3) is 5.65 Å². The Morgan fingerprint density at radius 1 is 1.07 bits per heavy atom. The second kappa shape index (κ2) is 15.6. The Labute approximate surface area is 254 Å². The molecule has 4 rings (SSSR count). The number of amides is 1. The van der Waals surface area contributed by atoms with Gasteiger partial charge in [-0.3, -0.25) is 4.79 Å². The number of aryl methyl sites for hydroxylation is 2. The van der Waals surface area contributed by atoms with Crippen LogP contribution in [0.2, 0.25) is 0 Å². The fourth-order valence-electron chi connectivity index (χ4n) is 6.64. The van der Waals surface area contributed by atoms with Crippen molar-refractivity contribution in [3.05, 3.63) is 29.2 Å². The molecule has 0 spiro atoms. The van der Waals surface area contributed by atoms with Crippen molar-refractivity contribution >= 4 is 11.6 Å². The zero-order chi connectivity index (χ0) is 30.9. The number of aromatic nitrogens is 3. The first kappa shape index (κ1) is 34.4. The summed E-state index contributed by atoms with van der Waals surface area (Å²) in [6.07, 6.45) is 15.6. The van der Waals surface area contributed by atoms with E-state index in [0.29, 0.717) is 12.6 Å². The number of hydrogen-bond donors (Lipinski definition) is 4. The highest BCUT2D eigenvalue weighted by atomic mass is 16.2. The maximum Gasteiger partial charge on any atom is 0.228 e. The molecule has 1 saturated carbocycles. The zero-order valence-electron chi connectivity index (χ0n) is 27.2. The van der Waals surface area contributed by atoms with Crippen LogP contribution < -0.4 is 22.9 Å². The van der Waals surface area contributed by atoms with E-state index in [9.17, 15) is 4.79 Å². The second-order valence-electron chi connectivity index (χ2n) is 13.5. The third-order valence-electron chi connectivity index (χ3n) is 9.71. The molecule has 2 aromatic heterocycles. The molecule has 5 atom stereocenters. The number of hydrogen-bond acceptors (Lipinski definition) is 7. The molecule has 0 bridgehead atoms. The van der Waals surface area contributed by atoms with E-state index in [4.69, 9.17) is 33.0 Å². The van der Waals surface area contributed by atoms with Crippen molar-refractivity contribution in [2.45, 2.75) is 148 Å². The third kappa shape index (κ3) is 8.97. The van der Waals surface area contributed by atoms with Gasteiger partial charge in [0.05, 0.1) is 17.7 Å². The first-order chi connectivity index (χ1) is 19.9. The summed E-state index contributed by atoms with van der Waals surface area (Å²) in [6.45, 7) is 11.8. The van der Waals surface area contributed by atoms with Gasteiger partial charge in [0.25, 0.3) is 0 Å². The summed E-state index contributed by atoms with van der Waals surface area (Å²) in [5.41, 5.74) is 28.3. The molecule has 3 heterocycles. The average molecular weight is 585 g/mol. The van der Waals surface area contributed by atoms with Gasteiger partial charge in [-0.2, -0.15) is 5.10 Å². The van der Waals surface area contributed by atoms with Crippen molar-refractivity contribution in [2.75, 3.05) is 13.1 Å². The molecule has 2 fully saturated rings. The number of carbonyl (C=O) groups is 1. The standard InChI is InChI=1S/C27H45N7O.C6H15N/c1-19-18-34-24(31-20(19)2)17-22(32-34)23-10-4-7-16-33(23)25(35)21(9-8-15-28)27(30)12-6-5-11-26(3,29)13-14-27;1-3-5-6(7)4-2/h17-18,21,23H,4-16,28-30H2,1-3H3;6H,3-5,7H2,1-2H3/t21?,23-,26?,27?;6-/m01/s1. The summed E-state index contributed by atoms with van der Waals surface area (Å²) < 4.78 is 1.85. The summed E-state index contributed by atoms with van der Waals surface area (Å²) in [5, 5.41) is 4.86. The summed E-state index contributed by atoms with van der Waals surface area (Å²) >= 11 is 0. The van der Waals surface area contributed by atoms with E-state index in [2.05, 4.69) is 25.7 Å². The number of rotatable bonds is 9. The molecule has 0 aromatic carbocycles. The van der Waals surface area contributed by atoms with Gasteiger partial charge >= 0.3 is 0 Å². The van der Waals surface area contributed by atoms with Crippen LogP contribution in [0.3, 0.4) is 0 Å². The highest BCUT2D eigenvalue weighted by molar-refractivity contribution is 5.81. The lowest BCUT2D eigenvalue weighted by molar-refractivity contribution is -0.143. The minimum Gasteiger partial charge on any atom is -0.334 e. The lowest BCUT2D eigenvalue weighted by atomic mass is 9.70. The molecule has 1 aliphatic heterocycles. The number of nitrogens with two attached hydrogens (primary N) is 4. The van der Waals surface area contributed by atoms with Crippen LogP contribution in [-0.2, 0) is 4.79 Å². The molecule has 42 heavy (non-hydrogen) atoms. The van der Waals surface area contributed by atoms with Gasteiger partial charge in [-0.1, -0.05) is 33.1 Å². The Kier molecular flexibility index (Phi) is 12.8. The van der Waals surface area contributed by atoms with E-state index in [1.54, 1.807) is 0 Å². The quantitative estimate of drug-likeness (QED) is 0.321. The molecule has 2 aromatic rings. The monoisotopic (exact) mass is 584 g/mol. The lowest BCUT2D eigenvalue weighted by Crippen LogP contribution is -2.57. The Morgan fingerprint density at radius 2 is 1.81 bits per heavy atom. The van der Waals surface area contributed by atoms with Crippen LogP contribution in [0.5, 0.6) is 0 Å². The molecule has 1 amide bonds. The van der Waals surface area contributed by atoms with E-state index >= 15 is 0 Å². The van der Waals surface area contributed by atoms with Crippen molar-refractivity contribution in [1.29, 1.82) is 0 Å². The first-order valence-corrected chi connectivity index (χ1v) is 16.6. The SMILES string of the molecule is CCC[C@H](N)CC.Cc1cn2nc([C@@H]3CCCCN3C(=O)C(CCCN)C3(N)CCCCC(C)(N)CC3)cc2nc1C. The number of likely N-dealkylation sites (tertiary alicyclic amines) is 1. The van der Waals surface area contributed by atoms with Crippen molar-refractivity contribution in [3.63, 3.8) is 0 Å². The Hall–Kier alpha value is -2.07. The highest BCUT2D eigenvalue weighted by Crippen LogP contribution is 2.39. The molecule has 1 aliphatic carbocycles. The van der Waals surface area contributed by atoms with Crippen molar-refractivity contribution in [3.8, 4) is 0 Å². The summed E-state index contributed by atoms with van der Waals surface area (Å²) in [7, 11) is 0. The molecular weight excluding hydrogens is 524 g/mol. The van der Waals surface area contributed by atoms with Crippen LogP contribution in [-0.4, -0.2) is 55.6 Å². The predicted molar refractivity (Wildman–Crippen MR) is 173 cm³/mol. The fraction of sp³-hybridized carbons (Fsp3) is 0.788. The zero-order valence-corrected chi connectivity index (χ0v) is 27.2. The number of fused-ring (bicyclic) bond motifs is 1. The Bertz CT molecular complexity index is 1090. The summed E-state index contributed by atoms with van der Waals surface area (Å²) in [6, 6.07) is 2.45. The number of nitrogens with zero attached hydrogens (tertiary/aromatic N) is 4. The largest absolute Gasteiger partial charge is 0.334 e. The number of carbonyl (C=O) groups excluding carboxylic acids is 1. The minimum atomic E-state index is -0.552. The van der Waals surface area contributed by atoms with Gasteiger partial charge in [-0.25, -0.2) is 9.50 Å². The van der Waals surface area contributed by atoms with Crippen LogP contribution >= 0.6 is 0 Å². The van der Waals surface area contributed by atoms with Gasteiger partial charge in [0.1, 0.15) is 0 Å². The van der Waals surface area contributed by atoms with E-state index < -0.39 is 5.54 Å². The minimum absolute atomic E-state index is 0.0455. The average Bonchev–Trinajstić information content (AvgIpc) is 3.37. The Balaban J connectivity index is 0.000000616. The van der Waals surface area contributed by atoms with E-state index in [1.807, 2.05) is 30.6 Å². The predicted octanol–water partition coefficient (Wildman–Crippen LogP) is 5.05. The Morgan fingerprint density at radius 3 is 2.48 bits per heavy atom. The molecule has 9 heteroatoms. The highest BCUT2D eigenvalue weighted by Gasteiger charge is 2.44. The fourth-order valence-corrected chi connectivity index (χ4v) is 6.64. The maximum absolute atomic E-state index is 14.3. The lowest BCUT2D eigenvalue weighted by Gasteiger charge is -2.45. The van der Waals surface area contributed by atoms with Crippen molar-refractivity contribution in [1.82, 2.24) is 19.5 Å². The van der Waals surface area contributed by atoms with Crippen LogP contribution in [0, 0.1) is 19.8 Å². The third-order valence-corrected chi connectivity index (χ3v) is 9.71. The summed E-state index contributed by atoms with van der Waals surface area (Å²) in [5.74, 6) is -0.0810. The van der Waals surface area contributed by atoms with Gasteiger partial charge in [0.2, 0.25) is 5.91 Å². The van der Waals surface area contributed by atoms with Gasteiger partial charge in [-0.15, -0.1) is 0 Å². The van der Waals surface area contributed by atoms with Crippen molar-refractivity contribution in [2.24, 2.45) is 28.9 Å². The molecule has 0 radical (unpaired) electrons.